The predicted molar refractivity (Wildman–Crippen MR) is 63.9 cm³/mol. The number of aromatic nitrogens is 2. The Hall–Kier alpha value is -0.0636. The molecule has 19 heavy (non-hydrogen) atoms. The van der Waals surface area contributed by atoms with Gasteiger partial charge in [0.05, 0.1) is 19.1 Å². The third-order valence-corrected chi connectivity index (χ3v) is 3.25. The molecule has 0 aromatic carbocycles. The second-order valence-corrected chi connectivity index (χ2v) is 5.72. The Balaban J connectivity index is 0.00000324. The zero-order valence-corrected chi connectivity index (χ0v) is 15.4. The summed E-state index contributed by atoms with van der Waals surface area (Å²) in [6.07, 6.45) is 0. The number of nitrogens with one attached hydrogen (secondary N) is 2. The van der Waals surface area contributed by atoms with Crippen LogP contribution in [0.1, 0.15) is 30.8 Å². The van der Waals surface area contributed by atoms with Crippen LogP contribution < -0.4 is 67.1 Å². The molecule has 7 nitrogen and oxygen atoms in total. The number of carbonyl (C=O) groups is 2. The number of carbonyl (C=O) groups excluding carboxylic acids is 2. The molecule has 1 heterocycles. The van der Waals surface area contributed by atoms with E-state index < -0.39 is 18.5 Å². The summed E-state index contributed by atoms with van der Waals surface area (Å²) in [7, 11) is 0. The van der Waals surface area contributed by atoms with Crippen molar-refractivity contribution in [3.63, 3.8) is 0 Å². The van der Waals surface area contributed by atoms with E-state index in [-0.39, 0.29) is 63.3 Å². The second-order valence-electron chi connectivity index (χ2n) is 4.66. The van der Waals surface area contributed by atoms with Gasteiger partial charge in [0.2, 0.25) is 0 Å². The molecule has 1 aromatic rings. The molecule has 0 spiro atoms. The molecule has 9 heteroatoms. The Morgan fingerprint density at radius 3 is 2.37 bits per heavy atom. The van der Waals surface area contributed by atoms with E-state index in [9.17, 15) is 14.7 Å². The van der Waals surface area contributed by atoms with E-state index in [0.717, 1.165) is 5.01 Å². The van der Waals surface area contributed by atoms with Crippen LogP contribution in [0.2, 0.25) is 0 Å². The van der Waals surface area contributed by atoms with Gasteiger partial charge in [-0.3, -0.25) is 0 Å². The van der Waals surface area contributed by atoms with Crippen molar-refractivity contribution in [3.8, 4) is 0 Å². The van der Waals surface area contributed by atoms with Gasteiger partial charge in [0.25, 0.3) is 0 Å². The summed E-state index contributed by atoms with van der Waals surface area (Å²) < 4.78 is 0. The molecule has 0 radical (unpaired) electrons. The summed E-state index contributed by atoms with van der Waals surface area (Å²) in [6, 6.07) is -0.577. The third-order valence-electron chi connectivity index (χ3n) is 1.90. The topological polar surface area (TPSA) is 107 Å². The van der Waals surface area contributed by atoms with Crippen molar-refractivity contribution in [2.24, 2.45) is 0 Å². The van der Waals surface area contributed by atoms with Gasteiger partial charge in [-0.15, -0.1) is 10.2 Å². The van der Waals surface area contributed by atoms with Crippen LogP contribution >= 0.6 is 11.3 Å². The Bertz CT molecular complexity index is 444. The molecule has 0 unspecified atom stereocenters. The number of carboxylic acids is 1. The van der Waals surface area contributed by atoms with Gasteiger partial charge < -0.3 is 20.5 Å². The minimum Gasteiger partial charge on any atom is -0.548 e. The monoisotopic (exact) mass is 310 g/mol. The minimum absolute atomic E-state index is 0. The van der Waals surface area contributed by atoms with Gasteiger partial charge in [-0.25, -0.2) is 4.79 Å². The first-order chi connectivity index (χ1) is 8.29. The zero-order chi connectivity index (χ0) is 13.8. The zero-order valence-electron chi connectivity index (χ0n) is 11.4. The standard InChI is InChI=1S/C10H16N4O3S.K/c1-10(2,3)8-14-13-6(18-8)4-11-9(17)12-5-7(15)16;/h4-5H2,1-3H3,(H,15,16)(H2,11,12,17);/q;+1/p-1. The number of hydrogen-bond acceptors (Lipinski definition) is 6. The van der Waals surface area contributed by atoms with Gasteiger partial charge in [0.15, 0.2) is 0 Å². The van der Waals surface area contributed by atoms with Gasteiger partial charge in [-0.2, -0.15) is 0 Å². The first-order valence-corrected chi connectivity index (χ1v) is 6.15. The fourth-order valence-corrected chi connectivity index (χ4v) is 1.84. The number of amides is 2. The number of hydrogen-bond donors (Lipinski definition) is 2. The summed E-state index contributed by atoms with van der Waals surface area (Å²) in [5, 5.41) is 24.3. The van der Waals surface area contributed by atoms with Crippen LogP contribution in [0.25, 0.3) is 0 Å². The minimum atomic E-state index is -1.34. The van der Waals surface area contributed by atoms with E-state index >= 15 is 0 Å². The van der Waals surface area contributed by atoms with E-state index in [0.29, 0.717) is 5.01 Å². The van der Waals surface area contributed by atoms with E-state index in [2.05, 4.69) is 20.8 Å². The maximum atomic E-state index is 11.2. The van der Waals surface area contributed by atoms with Crippen LogP contribution in [-0.4, -0.2) is 28.7 Å². The Morgan fingerprint density at radius 2 is 1.89 bits per heavy atom. The van der Waals surface area contributed by atoms with Crippen LogP contribution in [0.4, 0.5) is 4.79 Å². The van der Waals surface area contributed by atoms with Crippen molar-refractivity contribution in [1.82, 2.24) is 20.8 Å². The fraction of sp³-hybridized carbons (Fsp3) is 0.600. The normalized spacial score (nSPS) is 10.5. The average Bonchev–Trinajstić information content (AvgIpc) is 2.71. The molecule has 0 bridgehead atoms. The first-order valence-electron chi connectivity index (χ1n) is 5.33. The van der Waals surface area contributed by atoms with Crippen LogP contribution in [0.5, 0.6) is 0 Å². The van der Waals surface area contributed by atoms with E-state index in [1.807, 2.05) is 20.8 Å². The van der Waals surface area contributed by atoms with Gasteiger partial charge in [0.1, 0.15) is 10.0 Å². The molecule has 1 aromatic heterocycles. The smallest absolute Gasteiger partial charge is 0.548 e. The maximum absolute atomic E-state index is 11.2. The SMILES string of the molecule is CC(C)(C)c1nnc(CNC(=O)NCC(=O)[O-])s1.[K+]. The predicted octanol–water partition coefficient (Wildman–Crippen LogP) is -3.61. The third kappa shape index (κ3) is 7.33. The molecule has 1 rings (SSSR count). The van der Waals surface area contributed by atoms with Crippen molar-refractivity contribution in [3.05, 3.63) is 10.0 Å². The molecule has 100 valence electrons. The molecule has 0 atom stereocenters. The van der Waals surface area contributed by atoms with Crippen LogP contribution in [0.15, 0.2) is 0 Å². The van der Waals surface area contributed by atoms with Crippen LogP contribution in [0.3, 0.4) is 0 Å². The molecular weight excluding hydrogens is 295 g/mol. The number of rotatable bonds is 4. The van der Waals surface area contributed by atoms with Crippen molar-refractivity contribution in [1.29, 1.82) is 0 Å². The van der Waals surface area contributed by atoms with Gasteiger partial charge >= 0.3 is 57.4 Å². The Labute approximate surface area is 158 Å². The molecule has 0 aliphatic heterocycles. The first kappa shape index (κ1) is 18.9. The second kappa shape index (κ2) is 8.27. The van der Waals surface area contributed by atoms with E-state index in [1.54, 1.807) is 0 Å². The van der Waals surface area contributed by atoms with Gasteiger partial charge in [-0.05, 0) is 0 Å². The fourth-order valence-electron chi connectivity index (χ4n) is 0.999. The molecule has 0 saturated carbocycles. The van der Waals surface area contributed by atoms with Crippen LogP contribution in [0, 0.1) is 0 Å². The summed E-state index contributed by atoms with van der Waals surface area (Å²) in [5.41, 5.74) is -0.0762. The van der Waals surface area contributed by atoms with Crippen molar-refractivity contribution in [2.75, 3.05) is 6.54 Å². The summed E-state index contributed by atoms with van der Waals surface area (Å²) >= 11 is 1.41. The largest absolute Gasteiger partial charge is 1.00 e. The molecule has 2 amide bonds. The number of urea groups is 1. The van der Waals surface area contributed by atoms with E-state index in [4.69, 9.17) is 0 Å². The van der Waals surface area contributed by atoms with Gasteiger partial charge in [-0.1, -0.05) is 32.1 Å². The molecule has 2 N–H and O–H groups in total. The molecule has 0 saturated heterocycles. The van der Waals surface area contributed by atoms with Crippen molar-refractivity contribution < 1.29 is 66.1 Å². The van der Waals surface area contributed by atoms with Crippen molar-refractivity contribution >= 4 is 23.3 Å². The maximum Gasteiger partial charge on any atom is 1.00 e. The number of carboxylic acid groups (broad SMARTS) is 1. The van der Waals surface area contributed by atoms with Crippen molar-refractivity contribution in [2.45, 2.75) is 32.7 Å². The summed E-state index contributed by atoms with van der Waals surface area (Å²) in [6.45, 7) is 5.77. The summed E-state index contributed by atoms with van der Waals surface area (Å²) in [4.78, 5) is 21.3. The Morgan fingerprint density at radius 1 is 1.26 bits per heavy atom. The van der Waals surface area contributed by atoms with E-state index in [1.165, 1.54) is 11.3 Å². The quantitative estimate of drug-likeness (QED) is 0.559. The summed E-state index contributed by atoms with van der Waals surface area (Å²) in [5.74, 6) is -1.34. The molecular formula is C10H15KN4O3S. The molecule has 0 aliphatic rings. The molecule has 0 aliphatic carbocycles. The van der Waals surface area contributed by atoms with Gasteiger partial charge in [0, 0.05) is 5.41 Å². The molecule has 0 fully saturated rings. The number of aliphatic carboxylic acids is 1. The number of nitrogens with zero attached hydrogens (tertiary/aromatic N) is 2. The average molecular weight is 310 g/mol. The van der Waals surface area contributed by atoms with Crippen LogP contribution in [-0.2, 0) is 16.8 Å². The Kier molecular flexibility index (Phi) is 8.25.